The van der Waals surface area contributed by atoms with Gasteiger partial charge in [0.15, 0.2) is 0 Å². The lowest BCUT2D eigenvalue weighted by molar-refractivity contribution is 0.184. The maximum absolute atomic E-state index is 11.7. The fourth-order valence-corrected chi connectivity index (χ4v) is 3.37. The number of halogens is 1. The highest BCUT2D eigenvalue weighted by Crippen LogP contribution is 2.37. The Balaban J connectivity index is 1.87. The zero-order chi connectivity index (χ0) is 12.7. The molecule has 3 rings (SSSR count). The minimum absolute atomic E-state index is 0.00319. The molecule has 1 aliphatic heterocycles. The van der Waals surface area contributed by atoms with E-state index in [-0.39, 0.29) is 6.03 Å². The number of hydrogen-bond donors (Lipinski definition) is 1. The molecule has 2 heterocycles. The summed E-state index contributed by atoms with van der Waals surface area (Å²) in [4.78, 5) is 18.3. The summed E-state index contributed by atoms with van der Waals surface area (Å²) in [6.07, 6.45) is 3.87. The number of imidazole rings is 1. The van der Waals surface area contributed by atoms with Gasteiger partial charge in [0.25, 0.3) is 0 Å². The Morgan fingerprint density at radius 3 is 2.83 bits per heavy atom. The fourth-order valence-electron chi connectivity index (χ4n) is 2.67. The van der Waals surface area contributed by atoms with Crippen molar-refractivity contribution in [3.63, 3.8) is 0 Å². The van der Waals surface area contributed by atoms with E-state index in [1.165, 1.54) is 30.8 Å². The smallest absolute Gasteiger partial charge is 0.317 e. The maximum Gasteiger partial charge on any atom is 0.317 e. The van der Waals surface area contributed by atoms with Crippen LogP contribution in [0.2, 0.25) is 0 Å². The molecule has 98 valence electrons. The molecule has 1 aromatic heterocycles. The minimum Gasteiger partial charge on any atom is -0.341 e. The Hall–Kier alpha value is -0.790. The SMILES string of the molecule is CNC(=O)N1CCn2c(C3CCC3)nc(I)c2C1. The van der Waals surface area contributed by atoms with Gasteiger partial charge in [-0.2, -0.15) is 0 Å². The van der Waals surface area contributed by atoms with Gasteiger partial charge in [-0.15, -0.1) is 0 Å². The molecule has 1 fully saturated rings. The molecule has 0 unspecified atom stereocenters. The summed E-state index contributed by atoms with van der Waals surface area (Å²) in [6.45, 7) is 2.33. The number of fused-ring (bicyclic) bond motifs is 1. The van der Waals surface area contributed by atoms with Crippen LogP contribution in [0.3, 0.4) is 0 Å². The molecule has 0 saturated heterocycles. The molecule has 1 N–H and O–H groups in total. The van der Waals surface area contributed by atoms with E-state index in [0.717, 1.165) is 16.8 Å². The number of amides is 2. The Morgan fingerprint density at radius 2 is 2.22 bits per heavy atom. The highest BCUT2D eigenvalue weighted by Gasteiger charge is 2.30. The lowest BCUT2D eigenvalue weighted by atomic mass is 9.85. The number of urea groups is 1. The third-order valence-corrected chi connectivity index (χ3v) is 4.82. The van der Waals surface area contributed by atoms with Crippen molar-refractivity contribution in [3.05, 3.63) is 15.2 Å². The Bertz CT molecular complexity index is 481. The van der Waals surface area contributed by atoms with Crippen LogP contribution < -0.4 is 5.32 Å². The van der Waals surface area contributed by atoms with E-state index in [1.807, 2.05) is 4.90 Å². The standard InChI is InChI=1S/C12H17IN4O/c1-14-12(18)16-5-6-17-9(7-16)10(13)15-11(17)8-3-2-4-8/h8H,2-7H2,1H3,(H,14,18). The average molecular weight is 360 g/mol. The monoisotopic (exact) mass is 360 g/mol. The van der Waals surface area contributed by atoms with Gasteiger partial charge in [0.2, 0.25) is 0 Å². The molecule has 0 radical (unpaired) electrons. The largest absolute Gasteiger partial charge is 0.341 e. The Morgan fingerprint density at radius 1 is 1.44 bits per heavy atom. The van der Waals surface area contributed by atoms with Crippen molar-refractivity contribution in [1.82, 2.24) is 19.8 Å². The normalized spacial score (nSPS) is 19.3. The summed E-state index contributed by atoms with van der Waals surface area (Å²) in [7, 11) is 1.68. The zero-order valence-electron chi connectivity index (χ0n) is 10.4. The highest BCUT2D eigenvalue weighted by molar-refractivity contribution is 14.1. The van der Waals surface area contributed by atoms with Crippen LogP contribution in [0.5, 0.6) is 0 Å². The fraction of sp³-hybridized carbons (Fsp3) is 0.667. The van der Waals surface area contributed by atoms with Crippen LogP contribution in [0, 0.1) is 3.70 Å². The first-order valence-electron chi connectivity index (χ1n) is 6.42. The molecule has 18 heavy (non-hydrogen) atoms. The molecule has 0 bridgehead atoms. The van der Waals surface area contributed by atoms with Crippen molar-refractivity contribution < 1.29 is 4.79 Å². The van der Waals surface area contributed by atoms with Gasteiger partial charge in [-0.1, -0.05) is 6.42 Å². The van der Waals surface area contributed by atoms with E-state index >= 15 is 0 Å². The number of nitrogens with zero attached hydrogens (tertiary/aromatic N) is 3. The summed E-state index contributed by atoms with van der Waals surface area (Å²) in [5.41, 5.74) is 1.20. The lowest BCUT2D eigenvalue weighted by Crippen LogP contribution is -2.43. The van der Waals surface area contributed by atoms with E-state index in [1.54, 1.807) is 7.05 Å². The summed E-state index contributed by atoms with van der Waals surface area (Å²) in [6, 6.07) is 0.00319. The van der Waals surface area contributed by atoms with Gasteiger partial charge in [-0.25, -0.2) is 9.78 Å². The topological polar surface area (TPSA) is 50.2 Å². The Kier molecular flexibility index (Phi) is 3.21. The molecule has 1 saturated carbocycles. The van der Waals surface area contributed by atoms with E-state index in [9.17, 15) is 4.79 Å². The molecule has 6 heteroatoms. The van der Waals surface area contributed by atoms with Crippen molar-refractivity contribution >= 4 is 28.6 Å². The summed E-state index contributed by atoms with van der Waals surface area (Å²) in [5, 5.41) is 2.69. The molecule has 1 aromatic rings. The van der Waals surface area contributed by atoms with Crippen LogP contribution >= 0.6 is 22.6 Å². The number of hydrogen-bond acceptors (Lipinski definition) is 2. The average Bonchev–Trinajstić information content (AvgIpc) is 2.63. The molecular formula is C12H17IN4O. The number of carbonyl (C=O) groups excluding carboxylic acids is 1. The highest BCUT2D eigenvalue weighted by atomic mass is 127. The maximum atomic E-state index is 11.7. The summed E-state index contributed by atoms with van der Waals surface area (Å²) < 4.78 is 3.40. The van der Waals surface area contributed by atoms with Gasteiger partial charge in [0.1, 0.15) is 9.53 Å². The van der Waals surface area contributed by atoms with Crippen LogP contribution in [-0.2, 0) is 13.1 Å². The van der Waals surface area contributed by atoms with Crippen molar-refractivity contribution in [2.75, 3.05) is 13.6 Å². The van der Waals surface area contributed by atoms with E-state index in [2.05, 4.69) is 32.5 Å². The van der Waals surface area contributed by atoms with E-state index < -0.39 is 0 Å². The lowest BCUT2D eigenvalue weighted by Gasteiger charge is -2.31. The van der Waals surface area contributed by atoms with Gasteiger partial charge in [-0.3, -0.25) is 0 Å². The number of rotatable bonds is 1. The van der Waals surface area contributed by atoms with E-state index in [0.29, 0.717) is 12.5 Å². The van der Waals surface area contributed by atoms with Crippen molar-refractivity contribution in [2.24, 2.45) is 0 Å². The molecule has 1 aliphatic carbocycles. The van der Waals surface area contributed by atoms with Crippen molar-refractivity contribution in [2.45, 2.75) is 38.3 Å². The van der Waals surface area contributed by atoms with Crippen molar-refractivity contribution in [3.8, 4) is 0 Å². The van der Waals surface area contributed by atoms with Crippen molar-refractivity contribution in [1.29, 1.82) is 0 Å². The first-order chi connectivity index (χ1) is 8.70. The molecule has 0 aromatic carbocycles. The third-order valence-electron chi connectivity index (χ3n) is 3.96. The second-order valence-electron chi connectivity index (χ2n) is 4.96. The van der Waals surface area contributed by atoms with Crippen LogP contribution in [0.1, 0.15) is 36.7 Å². The first kappa shape index (κ1) is 12.3. The second-order valence-corrected chi connectivity index (χ2v) is 5.99. The van der Waals surface area contributed by atoms with Gasteiger partial charge in [0.05, 0.1) is 12.2 Å². The summed E-state index contributed by atoms with van der Waals surface area (Å²) in [5.74, 6) is 1.90. The molecule has 2 amide bonds. The first-order valence-corrected chi connectivity index (χ1v) is 7.50. The quantitative estimate of drug-likeness (QED) is 0.778. The third kappa shape index (κ3) is 1.90. The molecule has 2 aliphatic rings. The van der Waals surface area contributed by atoms with Crippen LogP contribution in [0.15, 0.2) is 0 Å². The predicted octanol–water partition coefficient (Wildman–Crippen LogP) is 1.91. The number of aromatic nitrogens is 2. The summed E-state index contributed by atoms with van der Waals surface area (Å²) >= 11 is 2.29. The van der Waals surface area contributed by atoms with Gasteiger partial charge >= 0.3 is 6.03 Å². The predicted molar refractivity (Wildman–Crippen MR) is 76.4 cm³/mol. The molecular weight excluding hydrogens is 343 g/mol. The zero-order valence-corrected chi connectivity index (χ0v) is 12.6. The second kappa shape index (κ2) is 4.71. The molecule has 5 nitrogen and oxygen atoms in total. The minimum atomic E-state index is 0.00319. The number of nitrogens with one attached hydrogen (secondary N) is 1. The van der Waals surface area contributed by atoms with E-state index in [4.69, 9.17) is 4.98 Å². The van der Waals surface area contributed by atoms with Crippen LogP contribution in [-0.4, -0.2) is 34.1 Å². The molecule has 0 spiro atoms. The van der Waals surface area contributed by atoms with Gasteiger partial charge < -0.3 is 14.8 Å². The van der Waals surface area contributed by atoms with Crippen LogP contribution in [0.4, 0.5) is 4.79 Å². The van der Waals surface area contributed by atoms with Crippen LogP contribution in [0.25, 0.3) is 0 Å². The van der Waals surface area contributed by atoms with Gasteiger partial charge in [-0.05, 0) is 35.4 Å². The van der Waals surface area contributed by atoms with Gasteiger partial charge in [0, 0.05) is 26.1 Å². The molecule has 0 atom stereocenters. The Labute approximate surface area is 120 Å². The number of carbonyl (C=O) groups is 1.